The molecule has 0 saturated carbocycles. The number of hydrogen-bond donors (Lipinski definition) is 1. The third-order valence-electron chi connectivity index (χ3n) is 4.89. The molecule has 5 aromatic rings. The first kappa shape index (κ1) is 21.8. The van der Waals surface area contributed by atoms with Gasteiger partial charge in [0.25, 0.3) is 5.69 Å². The number of nitrogens with zero attached hydrogens (tertiary/aromatic N) is 7. The molecule has 0 fully saturated rings. The van der Waals surface area contributed by atoms with Crippen LogP contribution in [-0.4, -0.2) is 25.0 Å². The molecule has 35 heavy (non-hydrogen) atoms. The van der Waals surface area contributed by atoms with Gasteiger partial charge in [0.2, 0.25) is 10.8 Å². The van der Waals surface area contributed by atoms with E-state index >= 15 is 0 Å². The number of benzene rings is 2. The van der Waals surface area contributed by atoms with E-state index in [0.717, 1.165) is 16.0 Å². The highest BCUT2D eigenvalue weighted by Crippen LogP contribution is 2.33. The maximum absolute atomic E-state index is 12.9. The lowest BCUT2D eigenvalue weighted by molar-refractivity contribution is -0.660. The van der Waals surface area contributed by atoms with E-state index in [0.29, 0.717) is 22.8 Å². The van der Waals surface area contributed by atoms with Gasteiger partial charge in [0, 0.05) is 35.5 Å². The van der Waals surface area contributed by atoms with Crippen molar-refractivity contribution < 1.29 is 19.2 Å². The molecule has 13 nitrogen and oxygen atoms in total. The molecule has 0 spiro atoms. The van der Waals surface area contributed by atoms with E-state index in [1.54, 1.807) is 24.4 Å². The zero-order chi connectivity index (χ0) is 24.5. The summed E-state index contributed by atoms with van der Waals surface area (Å²) in [4.78, 5) is 27.0. The summed E-state index contributed by atoms with van der Waals surface area (Å²) in [5.74, 6) is -0.550. The summed E-state index contributed by atoms with van der Waals surface area (Å²) in [5, 5.41) is 40.3. The number of aromatic nitrogens is 5. The molecule has 0 radical (unpaired) electrons. The van der Waals surface area contributed by atoms with E-state index in [4.69, 9.17) is 4.52 Å². The van der Waals surface area contributed by atoms with Crippen molar-refractivity contribution in [2.75, 3.05) is 0 Å². The Bertz CT molecular complexity index is 1620. The first-order chi connectivity index (χ1) is 16.9. The number of azo groups is 1. The molecule has 2 aromatic carbocycles. The highest BCUT2D eigenvalue weighted by molar-refractivity contribution is 7.12. The molecule has 0 saturated heterocycles. The molecule has 0 aliphatic rings. The van der Waals surface area contributed by atoms with Gasteiger partial charge < -0.3 is 5.11 Å². The van der Waals surface area contributed by atoms with Crippen LogP contribution in [-0.2, 0) is 0 Å². The van der Waals surface area contributed by atoms with Crippen molar-refractivity contribution in [1.29, 1.82) is 0 Å². The van der Waals surface area contributed by atoms with Gasteiger partial charge in [-0.15, -0.1) is 16.5 Å². The van der Waals surface area contributed by atoms with E-state index in [2.05, 4.69) is 25.6 Å². The molecule has 14 heteroatoms. The van der Waals surface area contributed by atoms with Crippen LogP contribution in [0.2, 0.25) is 0 Å². The van der Waals surface area contributed by atoms with Gasteiger partial charge in [-0.25, -0.2) is 14.5 Å². The topological polar surface area (TPSA) is 172 Å². The molecule has 0 unspecified atom stereocenters. The molecule has 0 bridgehead atoms. The zero-order valence-electron chi connectivity index (χ0n) is 17.9. The van der Waals surface area contributed by atoms with Gasteiger partial charge in [-0.3, -0.25) is 14.6 Å². The largest absolute Gasteiger partial charge is 0.857 e. The fraction of sp³-hybridized carbons (Fsp3) is 0.0476. The number of non-ortho nitro benzene ring substituents is 1. The number of nitro benzene ring substituents is 1. The Morgan fingerprint density at radius 1 is 1.14 bits per heavy atom. The molecule has 1 N–H and O–H groups in total. The van der Waals surface area contributed by atoms with Crippen LogP contribution in [0.4, 0.5) is 17.1 Å². The van der Waals surface area contributed by atoms with Crippen molar-refractivity contribution in [3.63, 3.8) is 0 Å². The quantitative estimate of drug-likeness (QED) is 0.165. The van der Waals surface area contributed by atoms with Gasteiger partial charge >= 0.3 is 11.3 Å². The third kappa shape index (κ3) is 4.08. The Morgan fingerprint density at radius 2 is 1.89 bits per heavy atom. The third-order valence-corrected chi connectivity index (χ3v) is 5.71. The van der Waals surface area contributed by atoms with Crippen LogP contribution >= 0.6 is 11.3 Å². The van der Waals surface area contributed by atoms with Gasteiger partial charge in [-0.2, -0.15) is 10.2 Å². The molecule has 0 atom stereocenters. The Balaban J connectivity index is 1.46. The first-order valence-corrected chi connectivity index (χ1v) is 10.9. The molecule has 0 amide bonds. The summed E-state index contributed by atoms with van der Waals surface area (Å²) in [6.07, 6.45) is 0. The van der Waals surface area contributed by atoms with Gasteiger partial charge in [0.1, 0.15) is 5.69 Å². The second kappa shape index (κ2) is 8.75. The summed E-state index contributed by atoms with van der Waals surface area (Å²) < 4.78 is 7.49. The van der Waals surface area contributed by atoms with Crippen LogP contribution in [0.1, 0.15) is 5.69 Å². The lowest BCUT2D eigenvalue weighted by Gasteiger charge is -2.07. The van der Waals surface area contributed by atoms with Crippen LogP contribution in [0.15, 0.2) is 79.5 Å². The number of thiazole rings is 1. The predicted molar refractivity (Wildman–Crippen MR) is 121 cm³/mol. The summed E-state index contributed by atoms with van der Waals surface area (Å²) in [6, 6.07) is 14.5. The average molecular weight is 490 g/mol. The molecule has 3 aromatic heterocycles. The van der Waals surface area contributed by atoms with E-state index in [1.807, 2.05) is 18.2 Å². The predicted octanol–water partition coefficient (Wildman–Crippen LogP) is 3.26. The van der Waals surface area contributed by atoms with Gasteiger partial charge in [0.15, 0.2) is 5.69 Å². The molecule has 0 aliphatic heterocycles. The second-order valence-electron chi connectivity index (χ2n) is 7.14. The highest BCUT2D eigenvalue weighted by Gasteiger charge is 2.28. The number of aromatic amines is 1. The number of nitrogens with one attached hydrogen (secondary N) is 1. The average Bonchev–Trinajstić information content (AvgIpc) is 3.56. The smallest absolute Gasteiger partial charge is 0.437 e. The van der Waals surface area contributed by atoms with Gasteiger partial charge in [-0.05, 0) is 29.0 Å². The minimum Gasteiger partial charge on any atom is -0.857 e. The van der Waals surface area contributed by atoms with Gasteiger partial charge in [-0.1, -0.05) is 18.2 Å². The molecule has 3 heterocycles. The number of rotatable bonds is 6. The monoisotopic (exact) mass is 490 g/mol. The zero-order valence-corrected chi connectivity index (χ0v) is 18.7. The molecule has 0 aliphatic carbocycles. The Labute approximate surface area is 199 Å². The SMILES string of the molecule is Cc1nn(-c2nc(-c3c(=O)o[nH][n+]3-c3ccccc3)cs2)c([O-])c1N=Nc1ccc([N+](=O)[O-])cc1. The minimum absolute atomic E-state index is 0.000565. The molecular formula is C21H14N8O5S. The maximum atomic E-state index is 12.9. The molecule has 174 valence electrons. The van der Waals surface area contributed by atoms with Crippen LogP contribution < -0.4 is 15.4 Å². The van der Waals surface area contributed by atoms with Crippen molar-refractivity contribution in [2.45, 2.75) is 6.92 Å². The normalized spacial score (nSPS) is 11.3. The number of para-hydroxylation sites is 1. The first-order valence-electron chi connectivity index (χ1n) is 10.0. The summed E-state index contributed by atoms with van der Waals surface area (Å²) in [5.41, 5.74) is 1.07. The standard InChI is InChI=1S/C21H14N8O5S/c1-12-17(24-23-13-7-9-15(10-8-13)29(32)33)19(30)28(25-12)21-22-16(11-35-21)18-20(31)34-26-27(18)14-5-3-2-4-6-14/h2-11H,1H3,(H-,23,25,26,30,31). The van der Waals surface area contributed by atoms with Crippen LogP contribution in [0, 0.1) is 17.0 Å². The van der Waals surface area contributed by atoms with Gasteiger partial charge in [0.05, 0.1) is 16.3 Å². The summed E-state index contributed by atoms with van der Waals surface area (Å²) >= 11 is 1.11. The maximum Gasteiger partial charge on any atom is 0.437 e. The summed E-state index contributed by atoms with van der Waals surface area (Å²) in [6.45, 7) is 1.60. The lowest BCUT2D eigenvalue weighted by atomic mass is 10.3. The van der Waals surface area contributed by atoms with Crippen LogP contribution in [0.3, 0.4) is 0 Å². The highest BCUT2D eigenvalue weighted by atomic mass is 32.1. The Hall–Kier alpha value is -4.98. The van der Waals surface area contributed by atoms with E-state index < -0.39 is 16.4 Å². The number of hydrogen-bond acceptors (Lipinski definition) is 10. The van der Waals surface area contributed by atoms with E-state index in [9.17, 15) is 20.0 Å². The molecule has 5 rings (SSSR count). The fourth-order valence-corrected chi connectivity index (χ4v) is 3.97. The van der Waals surface area contributed by atoms with E-state index in [1.165, 1.54) is 28.9 Å². The van der Waals surface area contributed by atoms with Crippen molar-refractivity contribution in [1.82, 2.24) is 20.0 Å². The number of nitro groups is 1. The summed E-state index contributed by atoms with van der Waals surface area (Å²) in [7, 11) is 0. The number of H-pyrrole nitrogens is 1. The Morgan fingerprint density at radius 3 is 2.60 bits per heavy atom. The van der Waals surface area contributed by atoms with Crippen molar-refractivity contribution in [2.24, 2.45) is 10.2 Å². The minimum atomic E-state index is -0.623. The lowest BCUT2D eigenvalue weighted by Crippen LogP contribution is -2.36. The van der Waals surface area contributed by atoms with Crippen molar-refractivity contribution >= 4 is 28.4 Å². The van der Waals surface area contributed by atoms with Crippen LogP contribution in [0.5, 0.6) is 5.88 Å². The van der Waals surface area contributed by atoms with Crippen molar-refractivity contribution in [3.8, 4) is 28.1 Å². The van der Waals surface area contributed by atoms with E-state index in [-0.39, 0.29) is 22.2 Å². The van der Waals surface area contributed by atoms with Crippen LogP contribution in [0.25, 0.3) is 22.2 Å². The Kier molecular flexibility index (Phi) is 5.46. The molecular weight excluding hydrogens is 476 g/mol. The second-order valence-corrected chi connectivity index (χ2v) is 7.98. The van der Waals surface area contributed by atoms with Crippen molar-refractivity contribution in [3.05, 3.63) is 86.2 Å². The number of aryl methyl sites for hydroxylation is 1. The fourth-order valence-electron chi connectivity index (χ4n) is 3.21.